The molecule has 0 N–H and O–H groups in total. The van der Waals surface area contributed by atoms with Gasteiger partial charge in [0, 0.05) is 11.1 Å². The van der Waals surface area contributed by atoms with Crippen LogP contribution in [0.3, 0.4) is 0 Å². The lowest BCUT2D eigenvalue weighted by Crippen LogP contribution is -1.79. The predicted molar refractivity (Wildman–Crippen MR) is 143 cm³/mol. The van der Waals surface area contributed by atoms with Gasteiger partial charge in [-0.2, -0.15) is 0 Å². The van der Waals surface area contributed by atoms with Gasteiger partial charge in [0.05, 0.1) is 0 Å². The fourth-order valence-electron chi connectivity index (χ4n) is 3.39. The number of carbonyl (C=O) groups excluding carboxylic acids is 2. The van der Waals surface area contributed by atoms with Crippen LogP contribution < -0.4 is 0 Å². The number of hydrogen-bond donors (Lipinski definition) is 0. The van der Waals surface area contributed by atoms with Gasteiger partial charge in [0.15, 0.2) is 0 Å². The van der Waals surface area contributed by atoms with Gasteiger partial charge in [0.2, 0.25) is 0 Å². The van der Waals surface area contributed by atoms with Crippen LogP contribution in [0.2, 0.25) is 0 Å². The minimum Gasteiger partial charge on any atom is -0.298 e. The topological polar surface area (TPSA) is 34.1 Å². The second-order valence-electron chi connectivity index (χ2n) is 7.90. The fourth-order valence-corrected chi connectivity index (χ4v) is 3.39. The summed E-state index contributed by atoms with van der Waals surface area (Å²) in [5.74, 6) is 0. The maximum absolute atomic E-state index is 10.7. The first-order chi connectivity index (χ1) is 16.7. The van der Waals surface area contributed by atoms with Crippen LogP contribution in [-0.4, -0.2) is 12.6 Å². The van der Waals surface area contributed by atoms with Crippen molar-refractivity contribution in [1.29, 1.82) is 0 Å². The highest BCUT2D eigenvalue weighted by atomic mass is 16.1. The van der Waals surface area contributed by atoms with Crippen molar-refractivity contribution >= 4 is 49.0 Å². The van der Waals surface area contributed by atoms with Gasteiger partial charge in [0.25, 0.3) is 0 Å². The van der Waals surface area contributed by atoms with Crippen LogP contribution in [0.4, 0.5) is 0 Å². The fraction of sp³-hybridized carbons (Fsp3) is 0. The second kappa shape index (κ2) is 11.3. The lowest BCUT2D eigenvalue weighted by molar-refractivity contribution is 0.111. The molecule has 4 aromatic rings. The average Bonchev–Trinajstić information content (AvgIpc) is 2.91. The molecule has 0 amide bonds. The van der Waals surface area contributed by atoms with Gasteiger partial charge in [-0.05, 0) is 33.4 Å². The molecule has 4 rings (SSSR count). The summed E-state index contributed by atoms with van der Waals surface area (Å²) in [5.41, 5.74) is 7.99. The Balaban J connectivity index is 1.34. The first-order valence-electron chi connectivity index (χ1n) is 11.1. The number of hydrogen-bond acceptors (Lipinski definition) is 2. The van der Waals surface area contributed by atoms with Crippen molar-refractivity contribution in [2.24, 2.45) is 0 Å². The molecule has 0 unspecified atom stereocenters. The summed E-state index contributed by atoms with van der Waals surface area (Å²) in [7, 11) is 0. The third-order valence-corrected chi connectivity index (χ3v) is 5.42. The molecule has 2 nitrogen and oxygen atoms in total. The molecular weight excluding hydrogens is 416 g/mol. The maximum Gasteiger partial charge on any atom is 0.150 e. The molecule has 0 heterocycles. The lowest BCUT2D eigenvalue weighted by atomic mass is 10.1. The molecule has 2 heteroatoms. The van der Waals surface area contributed by atoms with Gasteiger partial charge < -0.3 is 0 Å². The van der Waals surface area contributed by atoms with E-state index in [1.165, 1.54) is 0 Å². The smallest absolute Gasteiger partial charge is 0.150 e. The zero-order valence-corrected chi connectivity index (χ0v) is 18.7. The molecule has 0 aromatic heterocycles. The minimum atomic E-state index is 0.682. The molecule has 0 atom stereocenters. The Morgan fingerprint density at radius 3 is 0.559 bits per heavy atom. The van der Waals surface area contributed by atoms with E-state index in [0.29, 0.717) is 11.1 Å². The largest absolute Gasteiger partial charge is 0.298 e. The van der Waals surface area contributed by atoms with Crippen molar-refractivity contribution in [3.05, 3.63) is 142 Å². The van der Waals surface area contributed by atoms with Crippen molar-refractivity contribution in [2.75, 3.05) is 0 Å². The van der Waals surface area contributed by atoms with Gasteiger partial charge in [-0.1, -0.05) is 134 Å². The Labute approximate surface area is 200 Å². The summed E-state index contributed by atoms with van der Waals surface area (Å²) in [5, 5.41) is 0. The highest BCUT2D eigenvalue weighted by Gasteiger charge is 1.94. The summed E-state index contributed by atoms with van der Waals surface area (Å²) >= 11 is 0. The van der Waals surface area contributed by atoms with E-state index in [1.807, 2.05) is 60.7 Å². The molecular formula is C32H24O2. The molecule has 0 aliphatic rings. The minimum absolute atomic E-state index is 0.682. The predicted octanol–water partition coefficient (Wildman–Crippen LogP) is 7.82. The van der Waals surface area contributed by atoms with E-state index in [-0.39, 0.29) is 0 Å². The number of carbonyl (C=O) groups is 2. The Morgan fingerprint density at radius 1 is 0.265 bits per heavy atom. The van der Waals surface area contributed by atoms with E-state index < -0.39 is 0 Å². The normalized spacial score (nSPS) is 11.4. The number of benzene rings is 4. The Morgan fingerprint density at radius 2 is 0.412 bits per heavy atom. The van der Waals surface area contributed by atoms with E-state index in [1.54, 1.807) is 0 Å². The first kappa shape index (κ1) is 22.6. The van der Waals surface area contributed by atoms with E-state index in [9.17, 15) is 9.59 Å². The van der Waals surface area contributed by atoms with Crippen LogP contribution in [-0.2, 0) is 0 Å². The summed E-state index contributed by atoms with van der Waals surface area (Å²) in [6, 6.07) is 31.7. The van der Waals surface area contributed by atoms with Gasteiger partial charge in [-0.15, -0.1) is 0 Å². The van der Waals surface area contributed by atoms with Crippen LogP contribution in [0.5, 0.6) is 0 Å². The van der Waals surface area contributed by atoms with Crippen LogP contribution in [0.15, 0.2) is 97.1 Å². The SMILES string of the molecule is O=Cc1ccc(/C=C\c2ccc(/C=C\c3ccc(/C=C\c4ccc(C=O)cc4)cc3)cc2)cc1. The molecule has 0 radical (unpaired) electrons. The maximum atomic E-state index is 10.7. The third kappa shape index (κ3) is 6.47. The summed E-state index contributed by atoms with van der Waals surface area (Å²) in [6.07, 6.45) is 14.1. The molecule has 0 bridgehead atoms. The third-order valence-electron chi connectivity index (χ3n) is 5.42. The van der Waals surface area contributed by atoms with Crippen LogP contribution in [0.25, 0.3) is 36.5 Å². The summed E-state index contributed by atoms with van der Waals surface area (Å²) in [4.78, 5) is 21.5. The van der Waals surface area contributed by atoms with Crippen molar-refractivity contribution in [3.63, 3.8) is 0 Å². The van der Waals surface area contributed by atoms with Crippen LogP contribution >= 0.6 is 0 Å². The van der Waals surface area contributed by atoms with Crippen LogP contribution in [0, 0.1) is 0 Å². The highest BCUT2D eigenvalue weighted by Crippen LogP contribution is 2.15. The van der Waals surface area contributed by atoms with Crippen molar-refractivity contribution in [3.8, 4) is 0 Å². The molecule has 0 saturated carbocycles. The molecule has 0 saturated heterocycles. The van der Waals surface area contributed by atoms with Gasteiger partial charge in [-0.25, -0.2) is 0 Å². The standard InChI is InChI=1S/C32H24O2/c33-23-31-19-15-29(16-20-31)13-11-27-7-3-25(4-8-27)1-2-26-5-9-28(10-6-26)12-14-30-17-21-32(24-34)22-18-30/h1-24H/b2-1-,13-11-,14-12-. The van der Waals surface area contributed by atoms with E-state index in [4.69, 9.17) is 0 Å². The van der Waals surface area contributed by atoms with Crippen molar-refractivity contribution in [1.82, 2.24) is 0 Å². The van der Waals surface area contributed by atoms with Crippen molar-refractivity contribution in [2.45, 2.75) is 0 Å². The molecule has 164 valence electrons. The Hall–Kier alpha value is -4.56. The van der Waals surface area contributed by atoms with Crippen molar-refractivity contribution < 1.29 is 9.59 Å². The highest BCUT2D eigenvalue weighted by molar-refractivity contribution is 5.78. The van der Waals surface area contributed by atoms with E-state index in [2.05, 4.69) is 72.8 Å². The lowest BCUT2D eigenvalue weighted by Gasteiger charge is -1.99. The van der Waals surface area contributed by atoms with Gasteiger partial charge in [0.1, 0.15) is 12.6 Å². The summed E-state index contributed by atoms with van der Waals surface area (Å²) in [6.45, 7) is 0. The van der Waals surface area contributed by atoms with E-state index >= 15 is 0 Å². The monoisotopic (exact) mass is 440 g/mol. The zero-order valence-electron chi connectivity index (χ0n) is 18.7. The Bertz CT molecular complexity index is 1210. The van der Waals surface area contributed by atoms with Crippen LogP contribution in [0.1, 0.15) is 54.1 Å². The molecule has 0 aliphatic carbocycles. The Kier molecular flexibility index (Phi) is 7.55. The molecule has 0 aliphatic heterocycles. The van der Waals surface area contributed by atoms with Gasteiger partial charge in [-0.3, -0.25) is 9.59 Å². The average molecular weight is 441 g/mol. The quantitative estimate of drug-likeness (QED) is 0.207. The number of rotatable bonds is 8. The van der Waals surface area contributed by atoms with Gasteiger partial charge >= 0.3 is 0 Å². The zero-order chi connectivity index (χ0) is 23.6. The van der Waals surface area contributed by atoms with E-state index in [0.717, 1.165) is 46.0 Å². The summed E-state index contributed by atoms with van der Waals surface area (Å²) < 4.78 is 0. The first-order valence-corrected chi connectivity index (χ1v) is 11.1. The second-order valence-corrected chi connectivity index (χ2v) is 7.90. The number of aldehydes is 2. The molecule has 4 aromatic carbocycles. The molecule has 34 heavy (non-hydrogen) atoms. The molecule has 0 fully saturated rings. The molecule has 0 spiro atoms.